The van der Waals surface area contributed by atoms with Crippen molar-refractivity contribution in [3.05, 3.63) is 108 Å². The molecule has 0 N–H and O–H groups in total. The van der Waals surface area contributed by atoms with Gasteiger partial charge in [0.1, 0.15) is 18.1 Å². The average molecular weight is 339 g/mol. The number of aromatic nitrogens is 1. The molecule has 3 aromatic carbocycles. The molecule has 0 radical (unpaired) electrons. The number of rotatable bonds is 5. The van der Waals surface area contributed by atoms with Crippen molar-refractivity contribution in [3.8, 4) is 5.75 Å². The number of nitrogens with zero attached hydrogens (tertiary/aromatic N) is 1. The predicted molar refractivity (Wildman–Crippen MR) is 102 cm³/mol. The summed E-state index contributed by atoms with van der Waals surface area (Å²) in [6.07, 6.45) is 1.67. The zero-order valence-electron chi connectivity index (χ0n) is 14.1. The van der Waals surface area contributed by atoms with Gasteiger partial charge in [0, 0.05) is 17.1 Å². The highest BCUT2D eigenvalue weighted by Crippen LogP contribution is 2.21. The summed E-state index contributed by atoms with van der Waals surface area (Å²) in [5, 5.41) is 1.87. The van der Waals surface area contributed by atoms with Crippen LogP contribution in [0.1, 0.15) is 21.6 Å². The van der Waals surface area contributed by atoms with E-state index in [2.05, 4.69) is 4.98 Å². The second kappa shape index (κ2) is 7.19. The summed E-state index contributed by atoms with van der Waals surface area (Å²) >= 11 is 0. The second-order valence-electron chi connectivity index (χ2n) is 6.01. The Labute approximate surface area is 151 Å². The molecular weight excluding hydrogens is 322 g/mol. The van der Waals surface area contributed by atoms with Gasteiger partial charge in [0.15, 0.2) is 0 Å². The summed E-state index contributed by atoms with van der Waals surface area (Å²) in [7, 11) is 0. The van der Waals surface area contributed by atoms with E-state index < -0.39 is 0 Å². The highest BCUT2D eigenvalue weighted by Gasteiger charge is 2.14. The molecule has 0 fully saturated rings. The van der Waals surface area contributed by atoms with Crippen LogP contribution in [-0.2, 0) is 6.61 Å². The standard InChI is InChI=1S/C23H17NO2/c25-23(22-21-9-5-4-8-18(21)14-15-24-22)19-10-12-20(13-11-19)26-16-17-6-2-1-3-7-17/h1-15H,16H2. The molecule has 0 saturated heterocycles. The van der Waals surface area contributed by atoms with Gasteiger partial charge in [0.2, 0.25) is 5.78 Å². The number of hydrogen-bond acceptors (Lipinski definition) is 3. The van der Waals surface area contributed by atoms with Crippen LogP contribution in [0.4, 0.5) is 0 Å². The Hall–Kier alpha value is -3.46. The van der Waals surface area contributed by atoms with Crippen molar-refractivity contribution < 1.29 is 9.53 Å². The lowest BCUT2D eigenvalue weighted by atomic mass is 10.0. The van der Waals surface area contributed by atoms with Crippen LogP contribution in [0.5, 0.6) is 5.75 Å². The van der Waals surface area contributed by atoms with E-state index in [0.29, 0.717) is 17.9 Å². The Balaban J connectivity index is 1.53. The topological polar surface area (TPSA) is 39.2 Å². The highest BCUT2D eigenvalue weighted by molar-refractivity contribution is 6.14. The number of fused-ring (bicyclic) bond motifs is 1. The summed E-state index contributed by atoms with van der Waals surface area (Å²) in [5.41, 5.74) is 2.18. The zero-order chi connectivity index (χ0) is 17.8. The fraction of sp³-hybridized carbons (Fsp3) is 0.0435. The molecule has 26 heavy (non-hydrogen) atoms. The first kappa shape index (κ1) is 16.0. The number of ether oxygens (including phenoxy) is 1. The Kier molecular flexibility index (Phi) is 4.44. The number of benzene rings is 3. The van der Waals surface area contributed by atoms with Crippen LogP contribution in [0.3, 0.4) is 0 Å². The molecule has 0 aliphatic carbocycles. The number of pyridine rings is 1. The summed E-state index contributed by atoms with van der Waals surface area (Å²) in [6, 6.07) is 26.9. The lowest BCUT2D eigenvalue weighted by molar-refractivity contribution is 0.103. The van der Waals surface area contributed by atoms with Gasteiger partial charge < -0.3 is 4.74 Å². The van der Waals surface area contributed by atoms with Gasteiger partial charge in [-0.05, 0) is 41.3 Å². The third-order valence-electron chi connectivity index (χ3n) is 4.25. The second-order valence-corrected chi connectivity index (χ2v) is 6.01. The number of hydrogen-bond donors (Lipinski definition) is 0. The average Bonchev–Trinajstić information content (AvgIpc) is 2.72. The maximum atomic E-state index is 12.8. The van der Waals surface area contributed by atoms with Gasteiger partial charge in [-0.25, -0.2) is 0 Å². The highest BCUT2D eigenvalue weighted by atomic mass is 16.5. The number of carbonyl (C=O) groups is 1. The van der Waals surface area contributed by atoms with Crippen LogP contribution < -0.4 is 4.74 Å². The van der Waals surface area contributed by atoms with Gasteiger partial charge in [0.25, 0.3) is 0 Å². The molecule has 0 bridgehead atoms. The van der Waals surface area contributed by atoms with Crippen molar-refractivity contribution in [2.45, 2.75) is 6.61 Å². The maximum absolute atomic E-state index is 12.8. The van der Waals surface area contributed by atoms with Crippen molar-refractivity contribution in [2.75, 3.05) is 0 Å². The van der Waals surface area contributed by atoms with E-state index in [1.165, 1.54) is 0 Å². The van der Waals surface area contributed by atoms with Crippen LogP contribution in [0.2, 0.25) is 0 Å². The van der Waals surface area contributed by atoms with E-state index in [9.17, 15) is 4.79 Å². The molecule has 0 unspecified atom stereocenters. The predicted octanol–water partition coefficient (Wildman–Crippen LogP) is 5.04. The zero-order valence-corrected chi connectivity index (χ0v) is 14.1. The third kappa shape index (κ3) is 3.33. The minimum Gasteiger partial charge on any atom is -0.489 e. The van der Waals surface area contributed by atoms with Crippen LogP contribution in [0.15, 0.2) is 91.1 Å². The number of carbonyl (C=O) groups excluding carboxylic acids is 1. The van der Waals surface area contributed by atoms with Gasteiger partial charge in [-0.2, -0.15) is 0 Å². The van der Waals surface area contributed by atoms with Crippen molar-refractivity contribution in [1.82, 2.24) is 4.98 Å². The summed E-state index contributed by atoms with van der Waals surface area (Å²) in [4.78, 5) is 17.1. The van der Waals surface area contributed by atoms with Gasteiger partial charge in [-0.15, -0.1) is 0 Å². The summed E-state index contributed by atoms with van der Waals surface area (Å²) < 4.78 is 5.78. The van der Waals surface area contributed by atoms with E-state index >= 15 is 0 Å². The maximum Gasteiger partial charge on any atom is 0.211 e. The molecule has 0 aliphatic heterocycles. The minimum absolute atomic E-state index is 0.0867. The Morgan fingerprint density at radius 1 is 0.808 bits per heavy atom. The van der Waals surface area contributed by atoms with E-state index in [4.69, 9.17) is 4.74 Å². The summed E-state index contributed by atoms with van der Waals surface area (Å²) in [5.74, 6) is 0.646. The van der Waals surface area contributed by atoms with E-state index in [0.717, 1.165) is 22.1 Å². The van der Waals surface area contributed by atoms with Crippen molar-refractivity contribution in [2.24, 2.45) is 0 Å². The van der Waals surface area contributed by atoms with Gasteiger partial charge in [-0.3, -0.25) is 9.78 Å². The van der Waals surface area contributed by atoms with Gasteiger partial charge in [0.05, 0.1) is 0 Å². The molecule has 1 heterocycles. The molecule has 0 spiro atoms. The van der Waals surface area contributed by atoms with E-state index in [-0.39, 0.29) is 5.78 Å². The lowest BCUT2D eigenvalue weighted by Gasteiger charge is -2.08. The fourth-order valence-electron chi connectivity index (χ4n) is 2.88. The van der Waals surface area contributed by atoms with Crippen molar-refractivity contribution >= 4 is 16.6 Å². The number of ketones is 1. The lowest BCUT2D eigenvalue weighted by Crippen LogP contribution is -2.05. The molecule has 3 heteroatoms. The molecule has 0 saturated carbocycles. The normalized spacial score (nSPS) is 10.6. The third-order valence-corrected chi connectivity index (χ3v) is 4.25. The smallest absolute Gasteiger partial charge is 0.211 e. The Morgan fingerprint density at radius 3 is 2.35 bits per heavy atom. The Morgan fingerprint density at radius 2 is 1.54 bits per heavy atom. The molecule has 3 nitrogen and oxygen atoms in total. The molecule has 0 atom stereocenters. The minimum atomic E-state index is -0.0867. The molecule has 126 valence electrons. The van der Waals surface area contributed by atoms with Crippen molar-refractivity contribution in [3.63, 3.8) is 0 Å². The molecule has 4 aromatic rings. The fourth-order valence-corrected chi connectivity index (χ4v) is 2.88. The molecule has 0 amide bonds. The van der Waals surface area contributed by atoms with E-state index in [1.54, 1.807) is 18.3 Å². The van der Waals surface area contributed by atoms with Gasteiger partial charge >= 0.3 is 0 Å². The quantitative estimate of drug-likeness (QED) is 0.478. The van der Waals surface area contributed by atoms with Crippen LogP contribution >= 0.6 is 0 Å². The van der Waals surface area contributed by atoms with Crippen LogP contribution in [-0.4, -0.2) is 10.8 Å². The largest absolute Gasteiger partial charge is 0.489 e. The molecule has 0 aliphatic rings. The first-order valence-electron chi connectivity index (χ1n) is 8.46. The van der Waals surface area contributed by atoms with Gasteiger partial charge in [-0.1, -0.05) is 54.6 Å². The molecule has 4 rings (SSSR count). The summed E-state index contributed by atoms with van der Waals surface area (Å²) in [6.45, 7) is 0.499. The monoisotopic (exact) mass is 339 g/mol. The molecule has 1 aromatic heterocycles. The Bertz CT molecular complexity index is 1040. The van der Waals surface area contributed by atoms with Crippen LogP contribution in [0, 0.1) is 0 Å². The first-order chi connectivity index (χ1) is 12.8. The van der Waals surface area contributed by atoms with Crippen LogP contribution in [0.25, 0.3) is 10.8 Å². The van der Waals surface area contributed by atoms with Crippen molar-refractivity contribution in [1.29, 1.82) is 0 Å². The molecular formula is C23H17NO2. The SMILES string of the molecule is O=C(c1ccc(OCc2ccccc2)cc1)c1nccc2ccccc12. The van der Waals surface area contributed by atoms with E-state index in [1.807, 2.05) is 72.8 Å². The first-order valence-corrected chi connectivity index (χ1v) is 8.46.